The summed E-state index contributed by atoms with van der Waals surface area (Å²) in [6, 6.07) is 4.21. The molecule has 0 saturated heterocycles. The summed E-state index contributed by atoms with van der Waals surface area (Å²) >= 11 is 0. The summed E-state index contributed by atoms with van der Waals surface area (Å²) < 4.78 is 0. The Kier molecular flexibility index (Phi) is 5.12. The third-order valence-electron chi connectivity index (χ3n) is 2.43. The molecule has 3 nitrogen and oxygen atoms in total. The second-order valence-corrected chi connectivity index (χ2v) is 3.71. The van der Waals surface area contributed by atoms with Crippen molar-refractivity contribution in [2.75, 3.05) is 25.0 Å². The molecule has 0 bridgehead atoms. The molecule has 0 atom stereocenters. The maximum atomic E-state index is 4.34. The molecule has 1 aromatic heterocycles. The van der Waals surface area contributed by atoms with Crippen LogP contribution < -0.4 is 10.2 Å². The molecule has 0 spiro atoms. The largest absolute Gasteiger partial charge is 0.360 e. The Morgan fingerprint density at radius 1 is 1.40 bits per heavy atom. The molecule has 0 aliphatic heterocycles. The zero-order chi connectivity index (χ0) is 11.1. The molecule has 84 valence electrons. The molecule has 0 aliphatic rings. The molecule has 0 aliphatic carbocycles. The fourth-order valence-corrected chi connectivity index (χ4v) is 1.35. The number of nitrogens with zero attached hydrogens (tertiary/aromatic N) is 2. The van der Waals surface area contributed by atoms with Gasteiger partial charge in [-0.25, -0.2) is 4.98 Å². The van der Waals surface area contributed by atoms with E-state index >= 15 is 0 Å². The average molecular weight is 207 g/mol. The molecule has 0 fully saturated rings. The summed E-state index contributed by atoms with van der Waals surface area (Å²) in [6.07, 6.45) is 3.05. The normalized spacial score (nSPS) is 10.3. The Bertz CT molecular complexity index is 286. The van der Waals surface area contributed by atoms with Crippen molar-refractivity contribution < 1.29 is 0 Å². The maximum Gasteiger partial charge on any atom is 0.128 e. The minimum Gasteiger partial charge on any atom is -0.360 e. The number of rotatable bonds is 6. The Balaban J connectivity index is 2.57. The van der Waals surface area contributed by atoms with E-state index in [1.54, 1.807) is 0 Å². The van der Waals surface area contributed by atoms with Crippen molar-refractivity contribution in [1.82, 2.24) is 10.3 Å². The van der Waals surface area contributed by atoms with Gasteiger partial charge in [0.15, 0.2) is 0 Å². The average Bonchev–Trinajstić information content (AvgIpc) is 2.29. The molecule has 3 heteroatoms. The second kappa shape index (κ2) is 6.40. The van der Waals surface area contributed by atoms with Crippen LogP contribution in [-0.2, 0) is 6.54 Å². The topological polar surface area (TPSA) is 28.2 Å². The molecule has 1 N–H and O–H groups in total. The van der Waals surface area contributed by atoms with Crippen LogP contribution in [0.3, 0.4) is 0 Å². The summed E-state index contributed by atoms with van der Waals surface area (Å²) in [5, 5.41) is 3.39. The molecule has 0 amide bonds. The third kappa shape index (κ3) is 3.88. The highest BCUT2D eigenvalue weighted by Crippen LogP contribution is 2.10. The summed E-state index contributed by atoms with van der Waals surface area (Å²) in [7, 11) is 2.06. The number of nitrogens with one attached hydrogen (secondary N) is 1. The van der Waals surface area contributed by atoms with Crippen LogP contribution in [0, 0.1) is 0 Å². The van der Waals surface area contributed by atoms with Gasteiger partial charge in [0.2, 0.25) is 0 Å². The van der Waals surface area contributed by atoms with Crippen LogP contribution in [0.4, 0.5) is 5.82 Å². The smallest absolute Gasteiger partial charge is 0.128 e. The summed E-state index contributed by atoms with van der Waals surface area (Å²) in [6.45, 7) is 7.29. The van der Waals surface area contributed by atoms with Gasteiger partial charge in [-0.15, -0.1) is 0 Å². The van der Waals surface area contributed by atoms with E-state index in [0.717, 1.165) is 25.5 Å². The number of pyridine rings is 1. The molecular weight excluding hydrogens is 186 g/mol. The van der Waals surface area contributed by atoms with E-state index in [1.807, 2.05) is 6.20 Å². The molecule has 0 aromatic carbocycles. The van der Waals surface area contributed by atoms with Crippen LogP contribution in [0.15, 0.2) is 18.3 Å². The minimum absolute atomic E-state index is 0.931. The van der Waals surface area contributed by atoms with Crippen LogP contribution in [0.2, 0.25) is 0 Å². The second-order valence-electron chi connectivity index (χ2n) is 3.71. The molecule has 0 radical (unpaired) electrons. The molecule has 0 saturated carbocycles. The van der Waals surface area contributed by atoms with Crippen molar-refractivity contribution in [2.45, 2.75) is 26.8 Å². The Hall–Kier alpha value is -1.09. The van der Waals surface area contributed by atoms with E-state index in [4.69, 9.17) is 0 Å². The predicted molar refractivity (Wildman–Crippen MR) is 65.2 cm³/mol. The first-order valence-corrected chi connectivity index (χ1v) is 5.64. The summed E-state index contributed by atoms with van der Waals surface area (Å²) in [5.41, 5.74) is 1.30. The lowest BCUT2D eigenvalue weighted by Gasteiger charge is -2.16. The van der Waals surface area contributed by atoms with E-state index in [9.17, 15) is 0 Å². The highest BCUT2D eigenvalue weighted by molar-refractivity contribution is 5.39. The van der Waals surface area contributed by atoms with E-state index < -0.39 is 0 Å². The lowest BCUT2D eigenvalue weighted by atomic mass is 10.2. The predicted octanol–water partition coefficient (Wildman–Crippen LogP) is 2.04. The van der Waals surface area contributed by atoms with Crippen molar-refractivity contribution in [2.24, 2.45) is 0 Å². The van der Waals surface area contributed by atoms with Gasteiger partial charge in [0.05, 0.1) is 0 Å². The van der Waals surface area contributed by atoms with Crippen LogP contribution >= 0.6 is 0 Å². The van der Waals surface area contributed by atoms with Crippen molar-refractivity contribution in [1.29, 1.82) is 0 Å². The number of hydrogen-bond acceptors (Lipinski definition) is 3. The van der Waals surface area contributed by atoms with Gasteiger partial charge in [-0.3, -0.25) is 0 Å². The molecule has 15 heavy (non-hydrogen) atoms. The fourth-order valence-electron chi connectivity index (χ4n) is 1.35. The summed E-state index contributed by atoms with van der Waals surface area (Å²) in [4.78, 5) is 6.48. The van der Waals surface area contributed by atoms with Crippen LogP contribution in [0.5, 0.6) is 0 Å². The fraction of sp³-hybridized carbons (Fsp3) is 0.583. The van der Waals surface area contributed by atoms with Gasteiger partial charge in [0.1, 0.15) is 5.82 Å². The van der Waals surface area contributed by atoms with Crippen molar-refractivity contribution in [3.63, 3.8) is 0 Å². The third-order valence-corrected chi connectivity index (χ3v) is 2.43. The van der Waals surface area contributed by atoms with Crippen LogP contribution in [0.25, 0.3) is 0 Å². The summed E-state index contributed by atoms with van der Waals surface area (Å²) in [5.74, 6) is 1.05. The Morgan fingerprint density at radius 2 is 2.20 bits per heavy atom. The monoisotopic (exact) mass is 207 g/mol. The standard InChI is InChI=1S/C12H21N3/c1-4-7-13-10-11-6-8-14-12(9-11)15(3)5-2/h6,8-9,13H,4-5,7,10H2,1-3H3. The van der Waals surface area contributed by atoms with Crippen molar-refractivity contribution in [3.05, 3.63) is 23.9 Å². The zero-order valence-electron chi connectivity index (χ0n) is 9.95. The van der Waals surface area contributed by atoms with E-state index in [-0.39, 0.29) is 0 Å². The van der Waals surface area contributed by atoms with Gasteiger partial charge in [-0.1, -0.05) is 6.92 Å². The van der Waals surface area contributed by atoms with Crippen LogP contribution in [-0.4, -0.2) is 25.1 Å². The molecule has 1 heterocycles. The van der Waals surface area contributed by atoms with E-state index in [2.05, 4.69) is 48.2 Å². The SMILES string of the molecule is CCCNCc1ccnc(N(C)CC)c1. The van der Waals surface area contributed by atoms with Gasteiger partial charge < -0.3 is 10.2 Å². The van der Waals surface area contributed by atoms with Gasteiger partial charge in [-0.2, -0.15) is 0 Å². The molecule has 1 rings (SSSR count). The Labute approximate surface area is 92.5 Å². The van der Waals surface area contributed by atoms with Crippen molar-refractivity contribution >= 4 is 5.82 Å². The van der Waals surface area contributed by atoms with Crippen LogP contribution in [0.1, 0.15) is 25.8 Å². The Morgan fingerprint density at radius 3 is 2.87 bits per heavy atom. The van der Waals surface area contributed by atoms with E-state index in [1.165, 1.54) is 12.0 Å². The lowest BCUT2D eigenvalue weighted by Crippen LogP contribution is -2.18. The highest BCUT2D eigenvalue weighted by atomic mass is 15.1. The zero-order valence-corrected chi connectivity index (χ0v) is 9.95. The first-order chi connectivity index (χ1) is 7.27. The number of hydrogen-bond donors (Lipinski definition) is 1. The minimum atomic E-state index is 0.931. The first-order valence-electron chi connectivity index (χ1n) is 5.64. The first kappa shape index (κ1) is 12.0. The molecule has 1 aromatic rings. The van der Waals surface area contributed by atoms with Crippen molar-refractivity contribution in [3.8, 4) is 0 Å². The van der Waals surface area contributed by atoms with Gasteiger partial charge in [-0.05, 0) is 37.6 Å². The lowest BCUT2D eigenvalue weighted by molar-refractivity contribution is 0.674. The quantitative estimate of drug-likeness (QED) is 0.724. The number of anilines is 1. The number of aromatic nitrogens is 1. The molecular formula is C12H21N3. The van der Waals surface area contributed by atoms with Gasteiger partial charge in [0, 0.05) is 26.3 Å². The van der Waals surface area contributed by atoms with Gasteiger partial charge in [0.25, 0.3) is 0 Å². The molecule has 0 unspecified atom stereocenters. The van der Waals surface area contributed by atoms with Gasteiger partial charge >= 0.3 is 0 Å². The maximum absolute atomic E-state index is 4.34. The van der Waals surface area contributed by atoms with E-state index in [0.29, 0.717) is 0 Å². The highest BCUT2D eigenvalue weighted by Gasteiger charge is 2.00.